The number of hydrogen-bond acceptors (Lipinski definition) is 8. The lowest BCUT2D eigenvalue weighted by Gasteiger charge is -2.24. The van der Waals surface area contributed by atoms with E-state index in [0.29, 0.717) is 24.6 Å². The molecular formula is C24H28N6O3S. The molecular weight excluding hydrogens is 452 g/mol. The molecule has 1 saturated heterocycles. The van der Waals surface area contributed by atoms with Crippen molar-refractivity contribution in [3.63, 3.8) is 0 Å². The molecule has 1 unspecified atom stereocenters. The van der Waals surface area contributed by atoms with Crippen LogP contribution in [-0.4, -0.2) is 56.5 Å². The van der Waals surface area contributed by atoms with Gasteiger partial charge in [-0.05, 0) is 57.2 Å². The summed E-state index contributed by atoms with van der Waals surface area (Å²) >= 11 is 1.61. The molecule has 9 nitrogen and oxygen atoms in total. The molecule has 2 N–H and O–H groups in total. The Hall–Kier alpha value is -3.40. The molecule has 5 rings (SSSR count). The van der Waals surface area contributed by atoms with Gasteiger partial charge in [-0.25, -0.2) is 19.4 Å². The number of carbonyl (C=O) groups is 1. The summed E-state index contributed by atoms with van der Waals surface area (Å²) in [4.78, 5) is 24.0. The Bertz CT molecular complexity index is 1400. The number of nitrogens with zero attached hydrogens (tertiary/aromatic N) is 5. The number of benzene rings is 1. The van der Waals surface area contributed by atoms with E-state index in [4.69, 9.17) is 20.3 Å². The summed E-state index contributed by atoms with van der Waals surface area (Å²) < 4.78 is 14.1. The van der Waals surface area contributed by atoms with Gasteiger partial charge in [0.2, 0.25) is 0 Å². The molecule has 1 aromatic carbocycles. The van der Waals surface area contributed by atoms with Crippen molar-refractivity contribution in [3.05, 3.63) is 30.1 Å². The molecule has 1 aliphatic rings. The van der Waals surface area contributed by atoms with Crippen molar-refractivity contribution < 1.29 is 14.3 Å². The SMILES string of the molecule is COc1cc(C)cc2cc(-c3nn(C4CCN(C(=O)OC(C)(C)C)C4)c4ncnc(N)c34)sc12. The Morgan fingerprint density at radius 3 is 2.76 bits per heavy atom. The number of nitrogen functional groups attached to an aromatic ring is 1. The number of hydrogen-bond donors (Lipinski definition) is 1. The number of methoxy groups -OCH3 is 1. The predicted octanol–water partition coefficient (Wildman–Crippen LogP) is 4.79. The van der Waals surface area contributed by atoms with E-state index in [0.717, 1.165) is 43.8 Å². The summed E-state index contributed by atoms with van der Waals surface area (Å²) in [7, 11) is 1.68. The van der Waals surface area contributed by atoms with E-state index in [9.17, 15) is 4.79 Å². The zero-order valence-electron chi connectivity index (χ0n) is 20.0. The van der Waals surface area contributed by atoms with E-state index < -0.39 is 5.60 Å². The first kappa shape index (κ1) is 22.4. The van der Waals surface area contributed by atoms with Crippen LogP contribution in [0.15, 0.2) is 24.5 Å². The van der Waals surface area contributed by atoms with Gasteiger partial charge in [0.25, 0.3) is 0 Å². The van der Waals surface area contributed by atoms with Crippen LogP contribution in [0.5, 0.6) is 5.75 Å². The number of rotatable bonds is 3. The van der Waals surface area contributed by atoms with E-state index in [1.54, 1.807) is 23.3 Å². The van der Waals surface area contributed by atoms with Gasteiger partial charge in [0.15, 0.2) is 5.65 Å². The fraction of sp³-hybridized carbons (Fsp3) is 0.417. The Morgan fingerprint density at radius 1 is 1.24 bits per heavy atom. The smallest absolute Gasteiger partial charge is 0.410 e. The minimum absolute atomic E-state index is 0.0378. The monoisotopic (exact) mass is 480 g/mol. The number of nitrogens with two attached hydrogens (primary N) is 1. The molecule has 0 saturated carbocycles. The highest BCUT2D eigenvalue weighted by atomic mass is 32.1. The van der Waals surface area contributed by atoms with Crippen LogP contribution in [0, 0.1) is 6.92 Å². The lowest BCUT2D eigenvalue weighted by atomic mass is 10.1. The Labute approximate surface area is 201 Å². The van der Waals surface area contributed by atoms with Crippen LogP contribution in [0.25, 0.3) is 31.7 Å². The number of ether oxygens (including phenoxy) is 2. The summed E-state index contributed by atoms with van der Waals surface area (Å²) in [6.07, 6.45) is 1.89. The molecule has 3 aromatic heterocycles. The molecule has 4 aromatic rings. The Morgan fingerprint density at radius 2 is 2.03 bits per heavy atom. The van der Waals surface area contributed by atoms with Crippen molar-refractivity contribution in [1.29, 1.82) is 0 Å². The van der Waals surface area contributed by atoms with Crippen LogP contribution in [0.2, 0.25) is 0 Å². The number of likely N-dealkylation sites (tertiary alicyclic amines) is 1. The molecule has 10 heteroatoms. The van der Waals surface area contributed by atoms with Crippen molar-refractivity contribution >= 4 is 44.4 Å². The van der Waals surface area contributed by atoms with Gasteiger partial charge in [0.05, 0.1) is 28.1 Å². The maximum absolute atomic E-state index is 12.6. The van der Waals surface area contributed by atoms with Gasteiger partial charge >= 0.3 is 6.09 Å². The first-order chi connectivity index (χ1) is 16.1. The molecule has 0 aliphatic carbocycles. The van der Waals surface area contributed by atoms with Crippen molar-refractivity contribution in [2.45, 2.75) is 45.8 Å². The van der Waals surface area contributed by atoms with Gasteiger partial charge in [0.1, 0.15) is 29.2 Å². The zero-order valence-corrected chi connectivity index (χ0v) is 20.8. The number of anilines is 1. The first-order valence-electron chi connectivity index (χ1n) is 11.2. The minimum Gasteiger partial charge on any atom is -0.495 e. The molecule has 1 atom stereocenters. The molecule has 178 valence electrons. The molecule has 0 spiro atoms. The van der Waals surface area contributed by atoms with Gasteiger partial charge in [-0.2, -0.15) is 5.10 Å². The number of carbonyl (C=O) groups excluding carboxylic acids is 1. The zero-order chi connectivity index (χ0) is 24.2. The highest BCUT2D eigenvalue weighted by Gasteiger charge is 2.33. The summed E-state index contributed by atoms with van der Waals surface area (Å²) in [6.45, 7) is 8.74. The summed E-state index contributed by atoms with van der Waals surface area (Å²) in [5, 5.41) is 6.78. The van der Waals surface area contributed by atoms with Crippen LogP contribution in [0.3, 0.4) is 0 Å². The summed E-state index contributed by atoms with van der Waals surface area (Å²) in [5.41, 5.74) is 8.31. The Balaban J connectivity index is 1.56. The van der Waals surface area contributed by atoms with Crippen LogP contribution in [0.4, 0.5) is 10.6 Å². The molecule has 1 fully saturated rings. The van der Waals surface area contributed by atoms with Crippen molar-refractivity contribution in [3.8, 4) is 16.3 Å². The fourth-order valence-corrected chi connectivity index (χ4v) is 5.51. The van der Waals surface area contributed by atoms with E-state index in [1.165, 1.54) is 6.33 Å². The highest BCUT2D eigenvalue weighted by molar-refractivity contribution is 7.22. The quantitative estimate of drug-likeness (QED) is 0.449. The van der Waals surface area contributed by atoms with Crippen molar-refractivity contribution in [2.24, 2.45) is 0 Å². The molecule has 0 bridgehead atoms. The maximum atomic E-state index is 12.6. The lowest BCUT2D eigenvalue weighted by molar-refractivity contribution is 0.0288. The third kappa shape index (κ3) is 3.91. The maximum Gasteiger partial charge on any atom is 0.410 e. The topological polar surface area (TPSA) is 108 Å². The fourth-order valence-electron chi connectivity index (χ4n) is 4.39. The van der Waals surface area contributed by atoms with Crippen LogP contribution < -0.4 is 10.5 Å². The second-order valence-electron chi connectivity index (χ2n) is 9.62. The van der Waals surface area contributed by atoms with Crippen molar-refractivity contribution in [1.82, 2.24) is 24.6 Å². The van der Waals surface area contributed by atoms with E-state index in [2.05, 4.69) is 22.1 Å². The van der Waals surface area contributed by atoms with Gasteiger partial charge in [-0.15, -0.1) is 11.3 Å². The first-order valence-corrected chi connectivity index (χ1v) is 12.0. The van der Waals surface area contributed by atoms with Gasteiger partial charge in [-0.3, -0.25) is 0 Å². The third-order valence-corrected chi connectivity index (χ3v) is 7.03. The average molecular weight is 481 g/mol. The van der Waals surface area contributed by atoms with Crippen molar-refractivity contribution in [2.75, 3.05) is 25.9 Å². The second kappa shape index (κ2) is 8.12. The number of thiophene rings is 1. The largest absolute Gasteiger partial charge is 0.495 e. The minimum atomic E-state index is -0.539. The number of amides is 1. The van der Waals surface area contributed by atoms with E-state index >= 15 is 0 Å². The average Bonchev–Trinajstić information content (AvgIpc) is 3.48. The van der Waals surface area contributed by atoms with Crippen LogP contribution in [-0.2, 0) is 4.74 Å². The molecule has 34 heavy (non-hydrogen) atoms. The molecule has 4 heterocycles. The number of fused-ring (bicyclic) bond motifs is 2. The number of aryl methyl sites for hydroxylation is 1. The van der Waals surface area contributed by atoms with E-state index in [1.807, 2.05) is 38.4 Å². The normalized spacial score (nSPS) is 16.5. The standard InChI is InChI=1S/C24H28N6O3S/c1-13-8-14-10-17(34-20(14)16(9-13)32-5)19-18-21(25)26-12-27-22(18)30(28-19)15-6-7-29(11-15)23(31)33-24(2,3)4/h8-10,12,15H,6-7,11H2,1-5H3,(H2,25,26,27). The Kier molecular flexibility index (Phi) is 5.35. The molecule has 0 radical (unpaired) electrons. The summed E-state index contributed by atoms with van der Waals surface area (Å²) in [6, 6.07) is 6.23. The number of aromatic nitrogens is 4. The van der Waals surface area contributed by atoms with Crippen LogP contribution >= 0.6 is 11.3 Å². The van der Waals surface area contributed by atoms with Gasteiger partial charge in [-0.1, -0.05) is 6.07 Å². The molecule has 1 aliphatic heterocycles. The molecule has 1 amide bonds. The van der Waals surface area contributed by atoms with E-state index in [-0.39, 0.29) is 12.1 Å². The van der Waals surface area contributed by atoms with Gasteiger partial charge < -0.3 is 20.1 Å². The van der Waals surface area contributed by atoms with Gasteiger partial charge in [0, 0.05) is 13.1 Å². The van der Waals surface area contributed by atoms with Crippen LogP contribution in [0.1, 0.15) is 38.8 Å². The predicted molar refractivity (Wildman–Crippen MR) is 133 cm³/mol. The lowest BCUT2D eigenvalue weighted by Crippen LogP contribution is -2.35. The highest BCUT2D eigenvalue weighted by Crippen LogP contribution is 2.42. The third-order valence-electron chi connectivity index (χ3n) is 5.86. The second-order valence-corrected chi connectivity index (χ2v) is 10.7. The summed E-state index contributed by atoms with van der Waals surface area (Å²) in [5.74, 6) is 1.22.